The molecular weight excluding hydrogens is 506 g/mol. The molecule has 0 N–H and O–H groups in total. The average molecular weight is 541 g/mol. The van der Waals surface area contributed by atoms with Crippen LogP contribution < -0.4 is 0 Å². The summed E-state index contributed by atoms with van der Waals surface area (Å²) in [6, 6.07) is 0. The fourth-order valence-corrected chi connectivity index (χ4v) is 8.71. The van der Waals surface area contributed by atoms with Gasteiger partial charge in [0.05, 0.1) is 18.4 Å². The van der Waals surface area contributed by atoms with E-state index < -0.39 is 65.4 Å². The van der Waals surface area contributed by atoms with Gasteiger partial charge in [-0.3, -0.25) is 9.59 Å². The summed E-state index contributed by atoms with van der Waals surface area (Å²) in [7, 11) is 0. The number of ether oxygens (including phenoxy) is 5. The van der Waals surface area contributed by atoms with Crippen LogP contribution in [0.5, 0.6) is 0 Å². The van der Waals surface area contributed by atoms with Crippen LogP contribution in [0.25, 0.3) is 0 Å². The smallest absolute Gasteiger partial charge is 0.377 e. The number of hydrogen-bond donors (Lipinski definition) is 0. The van der Waals surface area contributed by atoms with Gasteiger partial charge in [0, 0.05) is 18.8 Å². The van der Waals surface area contributed by atoms with Gasteiger partial charge in [-0.05, 0) is 69.1 Å². The van der Waals surface area contributed by atoms with E-state index >= 15 is 0 Å². The van der Waals surface area contributed by atoms with E-state index in [1.54, 1.807) is 0 Å². The third-order valence-corrected chi connectivity index (χ3v) is 10.2. The SMILES string of the molecule is CC(F)(F)C(=O)OC1C2CC3C1OC(=O)C3C2C(=O)OCCOCC(=O)OC1(C)C2CC3CC(C2)CC1C3. The van der Waals surface area contributed by atoms with Crippen molar-refractivity contribution in [1.29, 1.82) is 0 Å². The predicted octanol–water partition coefficient (Wildman–Crippen LogP) is 2.68. The highest BCUT2D eigenvalue weighted by atomic mass is 19.3. The molecule has 1 saturated heterocycles. The van der Waals surface area contributed by atoms with E-state index in [2.05, 4.69) is 6.92 Å². The Hall–Kier alpha value is -2.30. The summed E-state index contributed by atoms with van der Waals surface area (Å²) in [5.41, 5.74) is -0.447. The number of rotatable bonds is 9. The second-order valence-electron chi connectivity index (χ2n) is 12.5. The molecule has 0 spiro atoms. The average Bonchev–Trinajstić information content (AvgIpc) is 3.45. The molecule has 6 atom stereocenters. The minimum absolute atomic E-state index is 0.0480. The fraction of sp³-hybridized carbons (Fsp3) is 0.852. The quantitative estimate of drug-likeness (QED) is 0.247. The van der Waals surface area contributed by atoms with Crippen molar-refractivity contribution < 1.29 is 51.6 Å². The number of alkyl halides is 2. The van der Waals surface area contributed by atoms with Crippen LogP contribution in [0.15, 0.2) is 0 Å². The van der Waals surface area contributed by atoms with Crippen LogP contribution in [-0.4, -0.2) is 67.4 Å². The molecule has 210 valence electrons. The normalized spacial score (nSPS) is 43.7. The first kappa shape index (κ1) is 26.0. The Morgan fingerprint density at radius 2 is 1.66 bits per heavy atom. The number of carbonyl (C=O) groups excluding carboxylic acids is 4. The molecule has 0 aromatic rings. The lowest BCUT2D eigenvalue weighted by Gasteiger charge is -2.59. The molecule has 9 nitrogen and oxygen atoms in total. The van der Waals surface area contributed by atoms with E-state index in [0.717, 1.165) is 37.5 Å². The van der Waals surface area contributed by atoms with E-state index in [4.69, 9.17) is 23.7 Å². The lowest BCUT2D eigenvalue weighted by molar-refractivity contribution is -0.206. The van der Waals surface area contributed by atoms with Crippen LogP contribution in [0.3, 0.4) is 0 Å². The van der Waals surface area contributed by atoms with Gasteiger partial charge in [0.1, 0.15) is 31.0 Å². The highest BCUT2D eigenvalue weighted by Gasteiger charge is 2.70. The van der Waals surface area contributed by atoms with Crippen molar-refractivity contribution in [2.75, 3.05) is 19.8 Å². The maximum Gasteiger partial charge on any atom is 0.377 e. The molecule has 6 saturated carbocycles. The van der Waals surface area contributed by atoms with E-state index in [1.807, 2.05) is 0 Å². The number of esters is 4. The molecular formula is C27H34F2O9. The Labute approximate surface area is 219 Å². The molecule has 7 rings (SSSR count). The summed E-state index contributed by atoms with van der Waals surface area (Å²) in [5, 5.41) is 0. The monoisotopic (exact) mass is 540 g/mol. The van der Waals surface area contributed by atoms with Crippen LogP contribution in [0.4, 0.5) is 8.78 Å². The number of hydrogen-bond acceptors (Lipinski definition) is 9. The molecule has 6 unspecified atom stereocenters. The predicted molar refractivity (Wildman–Crippen MR) is 122 cm³/mol. The Balaban J connectivity index is 0.970. The van der Waals surface area contributed by atoms with Crippen LogP contribution in [0, 0.1) is 47.3 Å². The molecule has 7 aliphatic rings. The largest absolute Gasteiger partial charge is 0.463 e. The van der Waals surface area contributed by atoms with Gasteiger partial charge in [-0.1, -0.05) is 0 Å². The minimum atomic E-state index is -3.70. The van der Waals surface area contributed by atoms with Crippen molar-refractivity contribution in [3.8, 4) is 0 Å². The van der Waals surface area contributed by atoms with E-state index in [0.29, 0.717) is 25.2 Å². The summed E-state index contributed by atoms with van der Waals surface area (Å²) in [6.45, 7) is 2.02. The van der Waals surface area contributed by atoms with Gasteiger partial charge in [0.15, 0.2) is 0 Å². The lowest BCUT2D eigenvalue weighted by atomic mass is 9.50. The molecule has 0 aromatic heterocycles. The van der Waals surface area contributed by atoms with E-state index in [-0.39, 0.29) is 25.7 Å². The highest BCUT2D eigenvalue weighted by molar-refractivity contribution is 5.86. The Kier molecular flexibility index (Phi) is 6.23. The molecule has 0 aromatic carbocycles. The summed E-state index contributed by atoms with van der Waals surface area (Å²) in [6.07, 6.45) is 4.19. The zero-order valence-electron chi connectivity index (χ0n) is 21.6. The topological polar surface area (TPSA) is 114 Å². The minimum Gasteiger partial charge on any atom is -0.463 e. The van der Waals surface area contributed by atoms with E-state index in [9.17, 15) is 28.0 Å². The lowest BCUT2D eigenvalue weighted by Crippen LogP contribution is -2.58. The standard InChI is InChI=1S/C27H34F2O9/c1-26(14-6-12-5-13(8-14)9-15(26)7-12)38-18(30)11-34-3-4-35-23(31)19-16-10-17-20(19)24(32)36-21(17)22(16)37-25(33)27(2,28)29/h12-17,19-22H,3-11H2,1-2H3. The third kappa shape index (κ3) is 4.19. The summed E-state index contributed by atoms with van der Waals surface area (Å²) in [5.74, 6) is -7.55. The summed E-state index contributed by atoms with van der Waals surface area (Å²) < 4.78 is 53.7. The van der Waals surface area contributed by atoms with Crippen LogP contribution >= 0.6 is 0 Å². The second kappa shape index (κ2) is 9.13. The number of fused-ring (bicyclic) bond motifs is 1. The molecule has 11 heteroatoms. The zero-order valence-corrected chi connectivity index (χ0v) is 21.6. The van der Waals surface area contributed by atoms with Crippen molar-refractivity contribution in [2.24, 2.45) is 47.3 Å². The maximum atomic E-state index is 13.4. The highest BCUT2D eigenvalue weighted by Crippen LogP contribution is 2.60. The van der Waals surface area contributed by atoms with Gasteiger partial charge in [-0.2, -0.15) is 8.78 Å². The number of carbonyl (C=O) groups is 4. The molecule has 6 bridgehead atoms. The molecule has 1 heterocycles. The molecule has 0 radical (unpaired) electrons. The molecule has 38 heavy (non-hydrogen) atoms. The first-order valence-corrected chi connectivity index (χ1v) is 13.7. The van der Waals surface area contributed by atoms with Crippen molar-refractivity contribution in [3.63, 3.8) is 0 Å². The first-order chi connectivity index (χ1) is 18.0. The van der Waals surface area contributed by atoms with Crippen LogP contribution in [0.2, 0.25) is 0 Å². The van der Waals surface area contributed by atoms with Crippen LogP contribution in [0.1, 0.15) is 52.4 Å². The van der Waals surface area contributed by atoms with Gasteiger partial charge in [0.25, 0.3) is 0 Å². The van der Waals surface area contributed by atoms with Gasteiger partial charge >= 0.3 is 29.8 Å². The Morgan fingerprint density at radius 3 is 2.29 bits per heavy atom. The Bertz CT molecular complexity index is 995. The second-order valence-corrected chi connectivity index (χ2v) is 12.5. The van der Waals surface area contributed by atoms with Gasteiger partial charge in [-0.15, -0.1) is 0 Å². The van der Waals surface area contributed by atoms with Gasteiger partial charge in [0.2, 0.25) is 0 Å². The van der Waals surface area contributed by atoms with Crippen molar-refractivity contribution in [1.82, 2.24) is 0 Å². The van der Waals surface area contributed by atoms with Gasteiger partial charge in [-0.25, -0.2) is 9.59 Å². The molecule has 7 fully saturated rings. The summed E-state index contributed by atoms with van der Waals surface area (Å²) >= 11 is 0. The van der Waals surface area contributed by atoms with E-state index in [1.165, 1.54) is 6.42 Å². The van der Waals surface area contributed by atoms with Gasteiger partial charge < -0.3 is 23.7 Å². The fourth-order valence-electron chi connectivity index (χ4n) is 8.71. The van der Waals surface area contributed by atoms with Crippen LogP contribution in [-0.2, 0) is 42.9 Å². The summed E-state index contributed by atoms with van der Waals surface area (Å²) in [4.78, 5) is 49.6. The zero-order chi connectivity index (χ0) is 27.0. The van der Waals surface area contributed by atoms with Crippen molar-refractivity contribution in [3.05, 3.63) is 0 Å². The first-order valence-electron chi connectivity index (χ1n) is 13.7. The Morgan fingerprint density at radius 1 is 1.00 bits per heavy atom. The maximum absolute atomic E-state index is 13.4. The molecule has 0 amide bonds. The van der Waals surface area contributed by atoms with Crippen molar-refractivity contribution in [2.45, 2.75) is 76.1 Å². The number of halogens is 2. The van der Waals surface area contributed by atoms with Crippen molar-refractivity contribution >= 4 is 23.9 Å². The molecule has 1 aliphatic heterocycles. The third-order valence-electron chi connectivity index (χ3n) is 10.2. The molecule has 6 aliphatic carbocycles.